The van der Waals surface area contributed by atoms with Crippen LogP contribution < -0.4 is 10.1 Å². The summed E-state index contributed by atoms with van der Waals surface area (Å²) < 4.78 is 5.76. The highest BCUT2D eigenvalue weighted by atomic mass is 16.5. The summed E-state index contributed by atoms with van der Waals surface area (Å²) in [5.74, 6) is 0.711. The van der Waals surface area contributed by atoms with Crippen LogP contribution in [0.15, 0.2) is 12.1 Å². The number of carbonyl (C=O) groups excluding carboxylic acids is 1. The van der Waals surface area contributed by atoms with Crippen molar-refractivity contribution in [3.8, 4) is 5.75 Å². The largest absolute Gasteiger partial charge is 0.481 e. The lowest BCUT2D eigenvalue weighted by molar-refractivity contribution is -0.127. The molecule has 1 unspecified atom stereocenters. The molecule has 0 heterocycles. The van der Waals surface area contributed by atoms with Crippen molar-refractivity contribution in [1.82, 2.24) is 5.32 Å². The third kappa shape index (κ3) is 3.76. The first-order chi connectivity index (χ1) is 8.31. The Morgan fingerprint density at radius 3 is 2.33 bits per heavy atom. The minimum atomic E-state index is -0.479. The standard InChI is InChI=1S/C15H23NO2/c1-9(2)16-15(17)13(6)18-14-8-10(3)7-11(4)12(14)5/h7-9,13H,1-6H3,(H,16,17). The average molecular weight is 249 g/mol. The zero-order valence-electron chi connectivity index (χ0n) is 12.1. The van der Waals surface area contributed by atoms with Crippen molar-refractivity contribution < 1.29 is 9.53 Å². The molecule has 0 aliphatic rings. The molecule has 0 aliphatic carbocycles. The number of hydrogen-bond acceptors (Lipinski definition) is 2. The minimum Gasteiger partial charge on any atom is -0.481 e. The van der Waals surface area contributed by atoms with E-state index in [0.717, 1.165) is 16.9 Å². The highest BCUT2D eigenvalue weighted by Gasteiger charge is 2.16. The third-order valence-corrected chi connectivity index (χ3v) is 2.87. The molecule has 0 saturated heterocycles. The number of benzene rings is 1. The molecule has 1 aromatic carbocycles. The molecular weight excluding hydrogens is 226 g/mol. The molecule has 0 aliphatic heterocycles. The molecule has 0 aromatic heterocycles. The van der Waals surface area contributed by atoms with Gasteiger partial charge in [0.1, 0.15) is 5.75 Å². The Morgan fingerprint density at radius 1 is 1.17 bits per heavy atom. The van der Waals surface area contributed by atoms with Crippen molar-refractivity contribution in [3.63, 3.8) is 0 Å². The third-order valence-electron chi connectivity index (χ3n) is 2.87. The van der Waals surface area contributed by atoms with E-state index in [1.165, 1.54) is 5.56 Å². The highest BCUT2D eigenvalue weighted by Crippen LogP contribution is 2.24. The summed E-state index contributed by atoms with van der Waals surface area (Å²) in [6, 6.07) is 4.21. The van der Waals surface area contributed by atoms with Crippen molar-refractivity contribution >= 4 is 5.91 Å². The van der Waals surface area contributed by atoms with Crippen LogP contribution in [0.1, 0.15) is 37.5 Å². The summed E-state index contributed by atoms with van der Waals surface area (Å²) in [6.45, 7) is 11.7. The maximum Gasteiger partial charge on any atom is 0.260 e. The first-order valence-corrected chi connectivity index (χ1v) is 6.36. The van der Waals surface area contributed by atoms with E-state index < -0.39 is 6.10 Å². The predicted molar refractivity (Wildman–Crippen MR) is 74.0 cm³/mol. The van der Waals surface area contributed by atoms with Gasteiger partial charge in [-0.15, -0.1) is 0 Å². The number of hydrogen-bond donors (Lipinski definition) is 1. The van der Waals surface area contributed by atoms with Crippen LogP contribution in [0, 0.1) is 20.8 Å². The van der Waals surface area contributed by atoms with Crippen LogP contribution in [-0.4, -0.2) is 18.1 Å². The van der Waals surface area contributed by atoms with Gasteiger partial charge in [-0.05, 0) is 64.3 Å². The molecular formula is C15H23NO2. The van der Waals surface area contributed by atoms with Gasteiger partial charge in [-0.1, -0.05) is 6.07 Å². The molecule has 1 N–H and O–H groups in total. The number of carbonyl (C=O) groups is 1. The molecule has 1 atom stereocenters. The van der Waals surface area contributed by atoms with Gasteiger partial charge in [0.25, 0.3) is 5.91 Å². The quantitative estimate of drug-likeness (QED) is 0.891. The van der Waals surface area contributed by atoms with E-state index in [-0.39, 0.29) is 11.9 Å². The van der Waals surface area contributed by atoms with Gasteiger partial charge in [0.2, 0.25) is 0 Å². The van der Waals surface area contributed by atoms with Crippen molar-refractivity contribution in [2.75, 3.05) is 0 Å². The number of rotatable bonds is 4. The second-order valence-corrected chi connectivity index (χ2v) is 5.13. The highest BCUT2D eigenvalue weighted by molar-refractivity contribution is 5.81. The molecule has 0 radical (unpaired) electrons. The van der Waals surface area contributed by atoms with Crippen molar-refractivity contribution in [1.29, 1.82) is 0 Å². The molecule has 0 bridgehead atoms. The number of nitrogens with one attached hydrogen (secondary N) is 1. The maximum atomic E-state index is 11.8. The molecule has 0 saturated carbocycles. The van der Waals surface area contributed by atoms with Gasteiger partial charge in [-0.25, -0.2) is 0 Å². The number of ether oxygens (including phenoxy) is 1. The van der Waals surface area contributed by atoms with Gasteiger partial charge in [0, 0.05) is 6.04 Å². The zero-order valence-corrected chi connectivity index (χ0v) is 12.1. The number of aryl methyl sites for hydroxylation is 2. The first kappa shape index (κ1) is 14.6. The normalized spacial score (nSPS) is 12.4. The summed E-state index contributed by atoms with van der Waals surface area (Å²) in [7, 11) is 0. The van der Waals surface area contributed by atoms with Gasteiger partial charge < -0.3 is 10.1 Å². The second kappa shape index (κ2) is 5.89. The summed E-state index contributed by atoms with van der Waals surface area (Å²) >= 11 is 0. The predicted octanol–water partition coefficient (Wildman–Crippen LogP) is 2.90. The molecule has 0 spiro atoms. The van der Waals surface area contributed by atoms with Crippen LogP contribution >= 0.6 is 0 Å². The molecule has 3 nitrogen and oxygen atoms in total. The van der Waals surface area contributed by atoms with Crippen LogP contribution in [0.3, 0.4) is 0 Å². The Hall–Kier alpha value is -1.51. The monoisotopic (exact) mass is 249 g/mol. The fourth-order valence-corrected chi connectivity index (χ4v) is 1.77. The maximum absolute atomic E-state index is 11.8. The molecule has 18 heavy (non-hydrogen) atoms. The molecule has 1 aromatic rings. The van der Waals surface area contributed by atoms with Crippen LogP contribution in [0.4, 0.5) is 0 Å². The van der Waals surface area contributed by atoms with E-state index in [0.29, 0.717) is 0 Å². The minimum absolute atomic E-state index is 0.0800. The van der Waals surface area contributed by atoms with Gasteiger partial charge in [-0.3, -0.25) is 4.79 Å². The Bertz CT molecular complexity index is 438. The van der Waals surface area contributed by atoms with E-state index in [9.17, 15) is 4.79 Å². The summed E-state index contributed by atoms with van der Waals surface area (Å²) in [6.07, 6.45) is -0.479. The van der Waals surface area contributed by atoms with Crippen LogP contribution in [-0.2, 0) is 4.79 Å². The molecule has 1 amide bonds. The van der Waals surface area contributed by atoms with Crippen molar-refractivity contribution in [2.24, 2.45) is 0 Å². The average Bonchev–Trinajstić information content (AvgIpc) is 2.24. The van der Waals surface area contributed by atoms with Crippen LogP contribution in [0.5, 0.6) is 5.75 Å². The van der Waals surface area contributed by atoms with E-state index in [1.807, 2.05) is 40.7 Å². The first-order valence-electron chi connectivity index (χ1n) is 6.36. The van der Waals surface area contributed by atoms with Gasteiger partial charge >= 0.3 is 0 Å². The topological polar surface area (TPSA) is 38.3 Å². The second-order valence-electron chi connectivity index (χ2n) is 5.13. The van der Waals surface area contributed by atoms with E-state index in [2.05, 4.69) is 11.4 Å². The molecule has 3 heteroatoms. The lowest BCUT2D eigenvalue weighted by atomic mass is 10.1. The Morgan fingerprint density at radius 2 is 1.78 bits per heavy atom. The fourth-order valence-electron chi connectivity index (χ4n) is 1.77. The Labute approximate surface area is 110 Å². The van der Waals surface area contributed by atoms with Gasteiger partial charge in [0.05, 0.1) is 0 Å². The van der Waals surface area contributed by atoms with E-state index >= 15 is 0 Å². The molecule has 1 rings (SSSR count). The Balaban J connectivity index is 2.81. The summed E-state index contributed by atoms with van der Waals surface area (Å²) in [4.78, 5) is 11.8. The summed E-state index contributed by atoms with van der Waals surface area (Å²) in [5.41, 5.74) is 3.41. The van der Waals surface area contributed by atoms with Crippen LogP contribution in [0.25, 0.3) is 0 Å². The lowest BCUT2D eigenvalue weighted by Gasteiger charge is -2.19. The van der Waals surface area contributed by atoms with Crippen LogP contribution in [0.2, 0.25) is 0 Å². The van der Waals surface area contributed by atoms with Crippen molar-refractivity contribution in [2.45, 2.75) is 53.7 Å². The van der Waals surface area contributed by atoms with Gasteiger partial charge in [0.15, 0.2) is 6.10 Å². The lowest BCUT2D eigenvalue weighted by Crippen LogP contribution is -2.40. The summed E-state index contributed by atoms with van der Waals surface area (Å²) in [5, 5.41) is 2.85. The molecule has 100 valence electrons. The van der Waals surface area contributed by atoms with Crippen molar-refractivity contribution in [3.05, 3.63) is 28.8 Å². The molecule has 0 fully saturated rings. The Kier molecular flexibility index (Phi) is 4.76. The SMILES string of the molecule is Cc1cc(C)c(C)c(OC(C)C(=O)NC(C)C)c1. The van der Waals surface area contributed by atoms with E-state index in [4.69, 9.17) is 4.74 Å². The fraction of sp³-hybridized carbons (Fsp3) is 0.533. The van der Waals surface area contributed by atoms with E-state index in [1.54, 1.807) is 6.92 Å². The number of amides is 1. The van der Waals surface area contributed by atoms with Gasteiger partial charge in [-0.2, -0.15) is 0 Å². The zero-order chi connectivity index (χ0) is 13.9. The smallest absolute Gasteiger partial charge is 0.260 e.